The molecule has 1 N–H and O–H groups in total. The summed E-state index contributed by atoms with van der Waals surface area (Å²) in [6, 6.07) is 3.73. The van der Waals surface area contributed by atoms with E-state index in [0.717, 1.165) is 20.9 Å². The zero-order chi connectivity index (χ0) is 10.6. The molecule has 0 aliphatic carbocycles. The minimum absolute atomic E-state index is 0.731. The van der Waals surface area contributed by atoms with Crippen molar-refractivity contribution in [2.24, 2.45) is 0 Å². The predicted octanol–water partition coefficient (Wildman–Crippen LogP) is 3.45. The van der Waals surface area contributed by atoms with Crippen molar-refractivity contribution in [1.29, 1.82) is 0 Å². The topological polar surface area (TPSA) is 37.3 Å². The molecule has 0 radical (unpaired) electrons. The van der Waals surface area contributed by atoms with Crippen molar-refractivity contribution in [2.75, 3.05) is 0 Å². The molecule has 0 fully saturated rings. The second-order valence-electron chi connectivity index (χ2n) is 2.65. The van der Waals surface area contributed by atoms with E-state index in [-0.39, 0.29) is 0 Å². The Kier molecular flexibility index (Phi) is 3.92. The molecule has 1 rings (SSSR count). The zero-order valence-electron chi connectivity index (χ0n) is 7.53. The Labute approximate surface area is 91.1 Å². The molecule has 1 aromatic heterocycles. The molecular weight excluding hydrogens is 220 g/mol. The van der Waals surface area contributed by atoms with Crippen LogP contribution in [-0.4, -0.2) is 11.1 Å². The normalized spacial score (nSPS) is 12.3. The minimum Gasteiger partial charge on any atom is -0.478 e. The highest BCUT2D eigenvalue weighted by Crippen LogP contribution is 2.27. The van der Waals surface area contributed by atoms with Crippen LogP contribution in [0.4, 0.5) is 0 Å². The summed E-state index contributed by atoms with van der Waals surface area (Å²) in [7, 11) is 0. The Morgan fingerprint density at radius 2 is 2.29 bits per heavy atom. The SMILES string of the molecule is C/C(=C\C=C\C(=O)O)c1ccc(Cl)s1. The second-order valence-corrected chi connectivity index (χ2v) is 4.37. The van der Waals surface area contributed by atoms with E-state index in [4.69, 9.17) is 16.7 Å². The first-order valence-electron chi connectivity index (χ1n) is 3.93. The molecule has 1 aromatic rings. The number of allylic oxidation sites excluding steroid dienone is 3. The first-order valence-corrected chi connectivity index (χ1v) is 5.12. The van der Waals surface area contributed by atoms with Crippen LogP contribution in [0.15, 0.2) is 30.4 Å². The van der Waals surface area contributed by atoms with Crippen LogP contribution in [0.1, 0.15) is 11.8 Å². The van der Waals surface area contributed by atoms with Gasteiger partial charge in [0.05, 0.1) is 4.34 Å². The molecular formula is C10H9ClO2S. The summed E-state index contributed by atoms with van der Waals surface area (Å²) in [5.74, 6) is -0.946. The lowest BCUT2D eigenvalue weighted by atomic mass is 10.2. The number of halogens is 1. The Morgan fingerprint density at radius 1 is 1.57 bits per heavy atom. The first kappa shape index (κ1) is 11.0. The standard InChI is InChI=1S/C10H9ClO2S/c1-7(3-2-4-10(12)13)8-5-6-9(11)14-8/h2-6H,1H3,(H,12,13)/b4-2+,7-3+. The van der Waals surface area contributed by atoms with Crippen LogP contribution in [-0.2, 0) is 4.79 Å². The maximum atomic E-state index is 10.2. The highest BCUT2D eigenvalue weighted by Gasteiger charge is 1.98. The van der Waals surface area contributed by atoms with E-state index in [1.165, 1.54) is 17.4 Å². The Bertz CT molecular complexity index is 391. The maximum Gasteiger partial charge on any atom is 0.328 e. The molecule has 0 aliphatic rings. The van der Waals surface area contributed by atoms with E-state index in [2.05, 4.69) is 0 Å². The molecule has 0 bridgehead atoms. The zero-order valence-corrected chi connectivity index (χ0v) is 9.10. The van der Waals surface area contributed by atoms with Gasteiger partial charge in [-0.2, -0.15) is 0 Å². The quantitative estimate of drug-likeness (QED) is 0.636. The van der Waals surface area contributed by atoms with E-state index >= 15 is 0 Å². The van der Waals surface area contributed by atoms with Crippen LogP contribution in [0.2, 0.25) is 4.34 Å². The number of hydrogen-bond donors (Lipinski definition) is 1. The smallest absolute Gasteiger partial charge is 0.328 e. The molecule has 0 aliphatic heterocycles. The molecule has 0 unspecified atom stereocenters. The van der Waals surface area contributed by atoms with Crippen LogP contribution in [0.5, 0.6) is 0 Å². The molecule has 0 atom stereocenters. The van der Waals surface area contributed by atoms with E-state index in [1.807, 2.05) is 19.1 Å². The van der Waals surface area contributed by atoms with Crippen molar-refractivity contribution in [1.82, 2.24) is 0 Å². The third kappa shape index (κ3) is 3.36. The number of carbonyl (C=O) groups is 1. The van der Waals surface area contributed by atoms with E-state index in [1.54, 1.807) is 6.08 Å². The Balaban J connectivity index is 2.75. The van der Waals surface area contributed by atoms with Crippen molar-refractivity contribution >= 4 is 34.5 Å². The molecule has 0 amide bonds. The molecule has 0 saturated carbocycles. The number of rotatable bonds is 3. The molecule has 2 nitrogen and oxygen atoms in total. The van der Waals surface area contributed by atoms with Gasteiger partial charge in [0.2, 0.25) is 0 Å². The number of carboxylic acid groups (broad SMARTS) is 1. The first-order chi connectivity index (χ1) is 6.59. The van der Waals surface area contributed by atoms with Gasteiger partial charge in [-0.3, -0.25) is 0 Å². The molecule has 1 heterocycles. The summed E-state index contributed by atoms with van der Waals surface area (Å²) in [4.78, 5) is 11.2. The molecule has 0 spiro atoms. The van der Waals surface area contributed by atoms with Gasteiger partial charge in [-0.05, 0) is 24.6 Å². The Hall–Kier alpha value is -1.06. The van der Waals surface area contributed by atoms with Crippen LogP contribution in [0.3, 0.4) is 0 Å². The lowest BCUT2D eigenvalue weighted by Crippen LogP contribution is -1.84. The lowest BCUT2D eigenvalue weighted by Gasteiger charge is -1.92. The van der Waals surface area contributed by atoms with E-state index in [0.29, 0.717) is 0 Å². The molecule has 74 valence electrons. The second kappa shape index (κ2) is 4.98. The predicted molar refractivity (Wildman–Crippen MR) is 59.8 cm³/mol. The van der Waals surface area contributed by atoms with Gasteiger partial charge in [-0.1, -0.05) is 23.8 Å². The number of thiophene rings is 1. The van der Waals surface area contributed by atoms with Gasteiger partial charge in [0.15, 0.2) is 0 Å². The third-order valence-electron chi connectivity index (χ3n) is 1.55. The van der Waals surface area contributed by atoms with Crippen molar-refractivity contribution in [3.8, 4) is 0 Å². The van der Waals surface area contributed by atoms with Gasteiger partial charge in [0.1, 0.15) is 0 Å². The van der Waals surface area contributed by atoms with Gasteiger partial charge >= 0.3 is 5.97 Å². The van der Waals surface area contributed by atoms with E-state index in [9.17, 15) is 4.79 Å². The van der Waals surface area contributed by atoms with Crippen LogP contribution in [0, 0.1) is 0 Å². The van der Waals surface area contributed by atoms with E-state index < -0.39 is 5.97 Å². The maximum absolute atomic E-state index is 10.2. The van der Waals surface area contributed by atoms with Crippen molar-refractivity contribution in [3.05, 3.63) is 39.6 Å². The van der Waals surface area contributed by atoms with Crippen LogP contribution < -0.4 is 0 Å². The van der Waals surface area contributed by atoms with Gasteiger partial charge in [-0.25, -0.2) is 4.79 Å². The Morgan fingerprint density at radius 3 is 2.79 bits per heavy atom. The number of hydrogen-bond acceptors (Lipinski definition) is 2. The summed E-state index contributed by atoms with van der Waals surface area (Å²) in [6.07, 6.45) is 4.35. The summed E-state index contributed by atoms with van der Waals surface area (Å²) in [5, 5.41) is 8.37. The fourth-order valence-corrected chi connectivity index (χ4v) is 1.91. The number of carboxylic acids is 1. The monoisotopic (exact) mass is 228 g/mol. The average molecular weight is 229 g/mol. The third-order valence-corrected chi connectivity index (χ3v) is 2.91. The molecule has 0 saturated heterocycles. The number of aliphatic carboxylic acids is 1. The highest BCUT2D eigenvalue weighted by molar-refractivity contribution is 7.17. The van der Waals surface area contributed by atoms with Gasteiger partial charge < -0.3 is 5.11 Å². The van der Waals surface area contributed by atoms with Crippen molar-refractivity contribution in [2.45, 2.75) is 6.92 Å². The molecule has 4 heteroatoms. The average Bonchev–Trinajstić information content (AvgIpc) is 2.51. The van der Waals surface area contributed by atoms with Crippen molar-refractivity contribution < 1.29 is 9.90 Å². The van der Waals surface area contributed by atoms with Gasteiger partial charge in [-0.15, -0.1) is 11.3 Å². The summed E-state index contributed by atoms with van der Waals surface area (Å²) in [5.41, 5.74) is 0.999. The molecule has 0 aromatic carbocycles. The fraction of sp³-hybridized carbons (Fsp3) is 0.100. The lowest BCUT2D eigenvalue weighted by molar-refractivity contribution is -0.131. The molecule has 14 heavy (non-hydrogen) atoms. The van der Waals surface area contributed by atoms with Crippen LogP contribution in [0.25, 0.3) is 5.57 Å². The highest BCUT2D eigenvalue weighted by atomic mass is 35.5. The largest absolute Gasteiger partial charge is 0.478 e. The van der Waals surface area contributed by atoms with Crippen molar-refractivity contribution in [3.63, 3.8) is 0 Å². The van der Waals surface area contributed by atoms with Gasteiger partial charge in [0.25, 0.3) is 0 Å². The van der Waals surface area contributed by atoms with Gasteiger partial charge in [0, 0.05) is 11.0 Å². The summed E-state index contributed by atoms with van der Waals surface area (Å²) >= 11 is 7.24. The van der Waals surface area contributed by atoms with Crippen LogP contribution >= 0.6 is 22.9 Å². The summed E-state index contributed by atoms with van der Waals surface area (Å²) in [6.45, 7) is 1.91. The minimum atomic E-state index is -0.946. The fourth-order valence-electron chi connectivity index (χ4n) is 0.883. The summed E-state index contributed by atoms with van der Waals surface area (Å²) < 4.78 is 0.731.